The second-order valence-electron chi connectivity index (χ2n) is 4.68. The molecule has 0 saturated carbocycles. The molecule has 1 aromatic rings. The summed E-state index contributed by atoms with van der Waals surface area (Å²) in [6.45, 7) is 0. The summed E-state index contributed by atoms with van der Waals surface area (Å²) in [5, 5.41) is 10.9. The van der Waals surface area contributed by atoms with E-state index < -0.39 is 16.4 Å². The Labute approximate surface area is 96.6 Å². The number of aliphatic hydroxyl groups is 1. The van der Waals surface area contributed by atoms with Gasteiger partial charge >= 0.3 is 0 Å². The predicted octanol–water partition coefficient (Wildman–Crippen LogP) is 0.738. The molecule has 0 aromatic carbocycles. The lowest BCUT2D eigenvalue weighted by Gasteiger charge is -2.34. The molecule has 0 spiro atoms. The Bertz CT molecular complexity index is 407. The normalized spacial score (nSPS) is 42.2. The van der Waals surface area contributed by atoms with Crippen LogP contribution in [0.4, 0.5) is 0 Å². The first kappa shape index (κ1) is 10.4. The molecule has 2 aliphatic rings. The summed E-state index contributed by atoms with van der Waals surface area (Å²) in [5.41, 5.74) is -0.280. The summed E-state index contributed by atoms with van der Waals surface area (Å²) in [5.74, 6) is 0. The van der Waals surface area contributed by atoms with E-state index in [9.17, 15) is 9.32 Å². The smallest absolute Gasteiger partial charge is 0.110 e. The van der Waals surface area contributed by atoms with Gasteiger partial charge < -0.3 is 5.11 Å². The predicted molar refractivity (Wildman–Crippen MR) is 60.1 cm³/mol. The third kappa shape index (κ3) is 1.50. The first-order valence-corrected chi connectivity index (χ1v) is 6.85. The van der Waals surface area contributed by atoms with Crippen molar-refractivity contribution < 1.29 is 9.32 Å². The van der Waals surface area contributed by atoms with Crippen molar-refractivity contribution in [2.24, 2.45) is 0 Å². The first-order valence-electron chi connectivity index (χ1n) is 5.57. The Balaban J connectivity index is 1.94. The van der Waals surface area contributed by atoms with Crippen LogP contribution in [0.25, 0.3) is 0 Å². The minimum absolute atomic E-state index is 0.144. The highest BCUT2D eigenvalue weighted by molar-refractivity contribution is 7.86. The van der Waals surface area contributed by atoms with Crippen molar-refractivity contribution >= 4 is 10.8 Å². The van der Waals surface area contributed by atoms with E-state index in [4.69, 9.17) is 0 Å². The molecule has 1 N–H and O–H groups in total. The number of hydrogen-bond acceptors (Lipinski definition) is 4. The van der Waals surface area contributed by atoms with E-state index in [0.29, 0.717) is 18.5 Å². The van der Waals surface area contributed by atoms with Gasteiger partial charge in [0, 0.05) is 33.7 Å². The van der Waals surface area contributed by atoms with Gasteiger partial charge in [-0.15, -0.1) is 0 Å². The first-order chi connectivity index (χ1) is 7.69. The molecule has 0 aliphatic carbocycles. The Morgan fingerprint density at radius 2 is 2.00 bits per heavy atom. The van der Waals surface area contributed by atoms with E-state index in [1.807, 2.05) is 0 Å². The molecule has 2 fully saturated rings. The van der Waals surface area contributed by atoms with Crippen LogP contribution >= 0.6 is 0 Å². The van der Waals surface area contributed by atoms with Gasteiger partial charge in [-0.05, 0) is 25.7 Å². The van der Waals surface area contributed by atoms with E-state index in [1.165, 1.54) is 0 Å². The van der Waals surface area contributed by atoms with Gasteiger partial charge in [-0.25, -0.2) is 0 Å². The van der Waals surface area contributed by atoms with Gasteiger partial charge in [0.2, 0.25) is 0 Å². The molecule has 3 heterocycles. The van der Waals surface area contributed by atoms with Gasteiger partial charge in [-0.1, -0.05) is 0 Å². The molecule has 2 atom stereocenters. The molecule has 5 heteroatoms. The number of aromatic nitrogens is 2. The Hall–Kier alpha value is -0.810. The number of nitrogens with zero attached hydrogens (tertiary/aromatic N) is 2. The molecule has 2 saturated heterocycles. The van der Waals surface area contributed by atoms with Gasteiger partial charge in [0.05, 0.1) is 11.9 Å². The lowest BCUT2D eigenvalue weighted by molar-refractivity contribution is 0.0138. The molecule has 16 heavy (non-hydrogen) atoms. The maximum Gasteiger partial charge on any atom is 0.110 e. The second-order valence-corrected chi connectivity index (χ2v) is 6.67. The van der Waals surface area contributed by atoms with Crippen molar-refractivity contribution in [2.45, 2.75) is 41.8 Å². The van der Waals surface area contributed by atoms with Crippen LogP contribution in [0, 0.1) is 0 Å². The van der Waals surface area contributed by atoms with Crippen LogP contribution < -0.4 is 0 Å². The van der Waals surface area contributed by atoms with Crippen LogP contribution in [0.3, 0.4) is 0 Å². The number of fused-ring (bicyclic) bond motifs is 2. The Morgan fingerprint density at radius 3 is 2.56 bits per heavy atom. The van der Waals surface area contributed by atoms with Crippen LogP contribution in [-0.4, -0.2) is 29.8 Å². The van der Waals surface area contributed by atoms with Crippen molar-refractivity contribution in [3.63, 3.8) is 0 Å². The summed E-state index contributed by atoms with van der Waals surface area (Å²) in [6.07, 6.45) is 7.89. The minimum Gasteiger partial charge on any atom is -0.383 e. The number of hydrogen-bond donors (Lipinski definition) is 1. The highest BCUT2D eigenvalue weighted by atomic mass is 32.2. The van der Waals surface area contributed by atoms with E-state index in [0.717, 1.165) is 12.8 Å². The summed E-state index contributed by atoms with van der Waals surface area (Å²) >= 11 is 0. The fourth-order valence-electron chi connectivity index (χ4n) is 2.83. The quantitative estimate of drug-likeness (QED) is 0.783. The van der Waals surface area contributed by atoms with Crippen LogP contribution in [0.15, 0.2) is 18.6 Å². The van der Waals surface area contributed by atoms with E-state index in [2.05, 4.69) is 9.97 Å². The molecule has 0 amide bonds. The lowest BCUT2D eigenvalue weighted by Crippen LogP contribution is -2.40. The molecule has 3 rings (SSSR count). The van der Waals surface area contributed by atoms with Crippen LogP contribution in [0.5, 0.6) is 0 Å². The molecule has 1 aromatic heterocycles. The zero-order valence-electron chi connectivity index (χ0n) is 8.87. The van der Waals surface area contributed by atoms with Crippen LogP contribution in [-0.2, 0) is 16.4 Å². The van der Waals surface area contributed by atoms with Gasteiger partial charge in [0.25, 0.3) is 0 Å². The number of rotatable bonds is 1. The fraction of sp³-hybridized carbons (Fsp3) is 0.636. The Morgan fingerprint density at radius 1 is 1.31 bits per heavy atom. The highest BCUT2D eigenvalue weighted by Gasteiger charge is 2.49. The molecule has 86 valence electrons. The van der Waals surface area contributed by atoms with Crippen LogP contribution in [0.2, 0.25) is 0 Å². The van der Waals surface area contributed by atoms with Gasteiger partial charge in [0.15, 0.2) is 0 Å². The largest absolute Gasteiger partial charge is 0.383 e. The SMILES string of the molecule is O=S1C2CCC1CC(O)(c1cnccn1)C2. The lowest BCUT2D eigenvalue weighted by atomic mass is 9.90. The summed E-state index contributed by atoms with van der Waals surface area (Å²) < 4.78 is 11.9. The summed E-state index contributed by atoms with van der Waals surface area (Å²) in [4.78, 5) is 8.18. The molecular weight excluding hydrogens is 224 g/mol. The standard InChI is InChI=1S/C11H14N2O2S/c14-11(10-7-12-3-4-13-10)5-8-1-2-9(6-11)16(8)15/h3-4,7-9,14H,1-2,5-6H2. The molecule has 2 unspecified atom stereocenters. The monoisotopic (exact) mass is 238 g/mol. The van der Waals surface area contributed by atoms with E-state index >= 15 is 0 Å². The van der Waals surface area contributed by atoms with Crippen LogP contribution in [0.1, 0.15) is 31.4 Å². The Kier molecular flexibility index (Phi) is 2.33. The van der Waals surface area contributed by atoms with Gasteiger partial charge in [-0.2, -0.15) is 0 Å². The topological polar surface area (TPSA) is 63.1 Å². The zero-order valence-corrected chi connectivity index (χ0v) is 9.69. The maximum atomic E-state index is 11.9. The average molecular weight is 238 g/mol. The van der Waals surface area contributed by atoms with Gasteiger partial charge in [-0.3, -0.25) is 14.2 Å². The zero-order chi connectivity index (χ0) is 11.2. The summed E-state index contributed by atoms with van der Waals surface area (Å²) in [7, 11) is -0.747. The second kappa shape index (κ2) is 3.60. The van der Waals surface area contributed by atoms with Crippen molar-refractivity contribution in [1.29, 1.82) is 0 Å². The fourth-order valence-corrected chi connectivity index (χ4v) is 4.99. The van der Waals surface area contributed by atoms with Crippen molar-refractivity contribution in [3.8, 4) is 0 Å². The maximum absolute atomic E-state index is 11.9. The molecule has 2 aliphatic heterocycles. The van der Waals surface area contributed by atoms with E-state index in [1.54, 1.807) is 18.6 Å². The average Bonchev–Trinajstić information content (AvgIpc) is 2.54. The van der Waals surface area contributed by atoms with Crippen molar-refractivity contribution in [1.82, 2.24) is 9.97 Å². The van der Waals surface area contributed by atoms with Gasteiger partial charge in [0.1, 0.15) is 5.60 Å². The summed E-state index contributed by atoms with van der Waals surface area (Å²) in [6, 6.07) is 0. The molecular formula is C11H14N2O2S. The minimum atomic E-state index is -0.909. The molecule has 0 radical (unpaired) electrons. The molecule has 4 nitrogen and oxygen atoms in total. The van der Waals surface area contributed by atoms with E-state index in [-0.39, 0.29) is 10.5 Å². The van der Waals surface area contributed by atoms with Crippen molar-refractivity contribution in [2.75, 3.05) is 0 Å². The highest BCUT2D eigenvalue weighted by Crippen LogP contribution is 2.44. The third-order valence-electron chi connectivity index (χ3n) is 3.64. The third-order valence-corrected chi connectivity index (χ3v) is 5.76. The molecule has 2 bridgehead atoms. The van der Waals surface area contributed by atoms with Crippen molar-refractivity contribution in [3.05, 3.63) is 24.3 Å².